The quantitative estimate of drug-likeness (QED) is 0.853. The van der Waals surface area contributed by atoms with Crippen LogP contribution >= 0.6 is 15.9 Å². The van der Waals surface area contributed by atoms with Gasteiger partial charge in [0, 0.05) is 32.5 Å². The third-order valence-electron chi connectivity index (χ3n) is 3.48. The molecule has 0 N–H and O–H groups in total. The fourth-order valence-electron chi connectivity index (χ4n) is 2.48. The van der Waals surface area contributed by atoms with E-state index in [4.69, 9.17) is 0 Å². The Labute approximate surface area is 121 Å². The zero-order chi connectivity index (χ0) is 13.1. The molecule has 0 saturated carbocycles. The molecule has 1 aromatic heterocycles. The lowest BCUT2D eigenvalue weighted by Gasteiger charge is -2.19. The van der Waals surface area contributed by atoms with Crippen molar-refractivity contribution in [2.24, 2.45) is 0 Å². The van der Waals surface area contributed by atoms with Crippen LogP contribution in [0.2, 0.25) is 0 Å². The van der Waals surface area contributed by atoms with Gasteiger partial charge in [-0.05, 0) is 21.5 Å². The van der Waals surface area contributed by atoms with Crippen LogP contribution in [0.3, 0.4) is 0 Å². The van der Waals surface area contributed by atoms with Crippen LogP contribution in [0.25, 0.3) is 0 Å². The Balaban J connectivity index is 1.70. The van der Waals surface area contributed by atoms with Gasteiger partial charge < -0.3 is 0 Å². The van der Waals surface area contributed by atoms with Gasteiger partial charge in [0.1, 0.15) is 4.60 Å². The Morgan fingerprint density at radius 3 is 2.58 bits per heavy atom. The highest BCUT2D eigenvalue weighted by atomic mass is 79.9. The van der Waals surface area contributed by atoms with Crippen molar-refractivity contribution in [1.29, 1.82) is 0 Å². The predicted octanol–water partition coefficient (Wildman–Crippen LogP) is 2.84. The molecular formula is C15H16BrN3. The van der Waals surface area contributed by atoms with E-state index in [1.807, 2.05) is 0 Å². The Bertz CT molecular complexity index is 557. The molecule has 3 rings (SSSR count). The molecule has 3 nitrogen and oxygen atoms in total. The van der Waals surface area contributed by atoms with E-state index in [0.29, 0.717) is 0 Å². The first kappa shape index (κ1) is 12.8. The molecule has 2 aromatic rings. The Kier molecular flexibility index (Phi) is 3.89. The van der Waals surface area contributed by atoms with Crippen LogP contribution in [0.15, 0.2) is 41.1 Å². The first-order valence-corrected chi connectivity index (χ1v) is 7.37. The minimum Gasteiger partial charge on any atom is -0.298 e. The van der Waals surface area contributed by atoms with Gasteiger partial charge in [0.2, 0.25) is 0 Å². The molecule has 0 unspecified atom stereocenters. The second-order valence-electron chi connectivity index (χ2n) is 4.85. The zero-order valence-electron chi connectivity index (χ0n) is 10.7. The van der Waals surface area contributed by atoms with Crippen LogP contribution in [0.4, 0.5) is 0 Å². The summed E-state index contributed by atoms with van der Waals surface area (Å²) in [5.74, 6) is 0. The highest BCUT2D eigenvalue weighted by Crippen LogP contribution is 2.16. The lowest BCUT2D eigenvalue weighted by molar-refractivity contribution is 0.278. The number of hydrogen-bond acceptors (Lipinski definition) is 3. The van der Waals surface area contributed by atoms with Gasteiger partial charge in [-0.2, -0.15) is 0 Å². The van der Waals surface area contributed by atoms with E-state index in [2.05, 4.69) is 61.1 Å². The third-order valence-corrected chi connectivity index (χ3v) is 3.86. The van der Waals surface area contributed by atoms with Crippen molar-refractivity contribution in [2.45, 2.75) is 19.4 Å². The molecule has 0 atom stereocenters. The summed E-state index contributed by atoms with van der Waals surface area (Å²) in [6.07, 6.45) is 3.77. The number of hydrogen-bond donors (Lipinski definition) is 0. The molecule has 0 amide bonds. The van der Waals surface area contributed by atoms with E-state index in [-0.39, 0.29) is 0 Å². The van der Waals surface area contributed by atoms with E-state index in [0.717, 1.165) is 48.5 Å². The van der Waals surface area contributed by atoms with Crippen molar-refractivity contribution >= 4 is 15.9 Å². The first-order valence-electron chi connectivity index (χ1n) is 6.58. The van der Waals surface area contributed by atoms with Crippen molar-refractivity contribution in [3.05, 3.63) is 58.1 Å². The van der Waals surface area contributed by atoms with Crippen molar-refractivity contribution < 1.29 is 0 Å². The number of benzene rings is 1. The van der Waals surface area contributed by atoms with E-state index in [1.54, 1.807) is 6.20 Å². The second-order valence-corrected chi connectivity index (χ2v) is 5.66. The number of halogens is 1. The fourth-order valence-corrected chi connectivity index (χ4v) is 2.79. The van der Waals surface area contributed by atoms with E-state index >= 15 is 0 Å². The molecule has 98 valence electrons. The molecule has 19 heavy (non-hydrogen) atoms. The van der Waals surface area contributed by atoms with E-state index in [9.17, 15) is 0 Å². The summed E-state index contributed by atoms with van der Waals surface area (Å²) < 4.78 is 0.836. The average molecular weight is 318 g/mol. The maximum absolute atomic E-state index is 4.54. The van der Waals surface area contributed by atoms with Crippen LogP contribution in [-0.2, 0) is 19.4 Å². The van der Waals surface area contributed by atoms with Gasteiger partial charge in [-0.15, -0.1) is 0 Å². The summed E-state index contributed by atoms with van der Waals surface area (Å²) in [6.45, 7) is 3.11. The second kappa shape index (κ2) is 5.80. The number of nitrogens with zero attached hydrogens (tertiary/aromatic N) is 3. The monoisotopic (exact) mass is 317 g/mol. The summed E-state index contributed by atoms with van der Waals surface area (Å²) in [4.78, 5) is 11.5. The Morgan fingerprint density at radius 1 is 1.05 bits per heavy atom. The number of rotatable bonds is 2. The minimum atomic E-state index is 0.836. The topological polar surface area (TPSA) is 29.0 Å². The van der Waals surface area contributed by atoms with Crippen LogP contribution in [0.5, 0.6) is 0 Å². The van der Waals surface area contributed by atoms with Crippen molar-refractivity contribution in [3.8, 4) is 0 Å². The molecule has 0 aliphatic carbocycles. The molecule has 0 saturated heterocycles. The average Bonchev–Trinajstić information content (AvgIpc) is 2.63. The smallest absolute Gasteiger partial charge is 0.124 e. The predicted molar refractivity (Wildman–Crippen MR) is 78.9 cm³/mol. The van der Waals surface area contributed by atoms with Crippen molar-refractivity contribution in [1.82, 2.24) is 14.9 Å². The number of aromatic nitrogens is 2. The van der Waals surface area contributed by atoms with Gasteiger partial charge in [0.15, 0.2) is 0 Å². The molecule has 0 radical (unpaired) electrons. The molecule has 1 aliphatic rings. The van der Waals surface area contributed by atoms with Gasteiger partial charge in [-0.25, -0.2) is 4.98 Å². The standard InChI is InChI=1S/C15H16BrN3/c16-15-10-17-13-6-8-19(9-7-14(13)18-15)11-12-4-2-1-3-5-12/h1-5,10H,6-9,11H2. The van der Waals surface area contributed by atoms with E-state index in [1.165, 1.54) is 5.56 Å². The summed E-state index contributed by atoms with van der Waals surface area (Å²) in [6, 6.07) is 10.6. The molecule has 2 heterocycles. The Hall–Kier alpha value is -1.26. The highest BCUT2D eigenvalue weighted by Gasteiger charge is 2.16. The minimum absolute atomic E-state index is 0.836. The van der Waals surface area contributed by atoms with Crippen LogP contribution in [-0.4, -0.2) is 28.0 Å². The van der Waals surface area contributed by atoms with Crippen LogP contribution in [0.1, 0.15) is 17.0 Å². The fraction of sp³-hybridized carbons (Fsp3) is 0.333. The lowest BCUT2D eigenvalue weighted by atomic mass is 10.2. The maximum atomic E-state index is 4.54. The summed E-state index contributed by atoms with van der Waals surface area (Å²) in [7, 11) is 0. The number of fused-ring (bicyclic) bond motifs is 1. The molecular weight excluding hydrogens is 302 g/mol. The van der Waals surface area contributed by atoms with Gasteiger partial charge in [-0.3, -0.25) is 9.88 Å². The van der Waals surface area contributed by atoms with Crippen LogP contribution < -0.4 is 0 Å². The molecule has 1 aliphatic heterocycles. The molecule has 0 spiro atoms. The largest absolute Gasteiger partial charge is 0.298 e. The first-order chi connectivity index (χ1) is 9.31. The van der Waals surface area contributed by atoms with Crippen molar-refractivity contribution in [3.63, 3.8) is 0 Å². The van der Waals surface area contributed by atoms with Gasteiger partial charge in [0.05, 0.1) is 17.6 Å². The summed E-state index contributed by atoms with van der Waals surface area (Å²) in [5.41, 5.74) is 3.67. The summed E-state index contributed by atoms with van der Waals surface area (Å²) in [5, 5.41) is 0. The molecule has 0 fully saturated rings. The normalized spacial score (nSPS) is 15.8. The third kappa shape index (κ3) is 3.19. The summed E-state index contributed by atoms with van der Waals surface area (Å²) >= 11 is 3.40. The zero-order valence-corrected chi connectivity index (χ0v) is 12.3. The SMILES string of the molecule is Brc1cnc2c(n1)CCN(Cc1ccccc1)CC2. The van der Waals surface area contributed by atoms with Gasteiger partial charge in [-0.1, -0.05) is 30.3 Å². The maximum Gasteiger partial charge on any atom is 0.124 e. The van der Waals surface area contributed by atoms with Gasteiger partial charge >= 0.3 is 0 Å². The lowest BCUT2D eigenvalue weighted by Crippen LogP contribution is -2.25. The van der Waals surface area contributed by atoms with Crippen LogP contribution in [0, 0.1) is 0 Å². The Morgan fingerprint density at radius 2 is 1.79 bits per heavy atom. The molecule has 4 heteroatoms. The van der Waals surface area contributed by atoms with E-state index < -0.39 is 0 Å². The molecule has 1 aromatic carbocycles. The molecule has 0 bridgehead atoms. The highest BCUT2D eigenvalue weighted by molar-refractivity contribution is 9.10. The van der Waals surface area contributed by atoms with Crippen molar-refractivity contribution in [2.75, 3.05) is 13.1 Å². The van der Waals surface area contributed by atoms with Gasteiger partial charge in [0.25, 0.3) is 0 Å².